The first-order valence-electron chi connectivity index (χ1n) is 11.1. The van der Waals surface area contributed by atoms with Gasteiger partial charge in [-0.25, -0.2) is 9.69 Å². The van der Waals surface area contributed by atoms with Gasteiger partial charge >= 0.3 is 5.97 Å². The molecule has 6 nitrogen and oxygen atoms in total. The van der Waals surface area contributed by atoms with Crippen LogP contribution >= 0.6 is 11.6 Å². The number of hydrogen-bond donors (Lipinski definition) is 0. The van der Waals surface area contributed by atoms with Crippen molar-refractivity contribution in [2.24, 2.45) is 0 Å². The summed E-state index contributed by atoms with van der Waals surface area (Å²) in [6.45, 7) is 0. The Hall–Kier alpha value is -4.55. The van der Waals surface area contributed by atoms with Crippen molar-refractivity contribution < 1.29 is 23.9 Å². The monoisotopic (exact) mass is 495 g/mol. The van der Waals surface area contributed by atoms with Gasteiger partial charge in [0.15, 0.2) is 6.10 Å². The third-order valence-corrected chi connectivity index (χ3v) is 6.10. The molecule has 7 heteroatoms. The topological polar surface area (TPSA) is 80.8 Å². The third kappa shape index (κ3) is 4.30. The van der Waals surface area contributed by atoms with Crippen molar-refractivity contribution >= 4 is 40.9 Å². The van der Waals surface area contributed by atoms with Crippen LogP contribution < -0.4 is 4.90 Å². The summed E-state index contributed by atoms with van der Waals surface area (Å²) in [4.78, 5) is 52.8. The second-order valence-corrected chi connectivity index (χ2v) is 8.54. The van der Waals surface area contributed by atoms with Crippen molar-refractivity contribution in [1.29, 1.82) is 0 Å². The van der Waals surface area contributed by atoms with Gasteiger partial charge in [0.1, 0.15) is 0 Å². The predicted octanol–water partition coefficient (Wildman–Crippen LogP) is 5.92. The number of amides is 2. The van der Waals surface area contributed by atoms with E-state index in [2.05, 4.69) is 0 Å². The van der Waals surface area contributed by atoms with Crippen LogP contribution in [0.2, 0.25) is 5.02 Å². The van der Waals surface area contributed by atoms with Gasteiger partial charge in [0, 0.05) is 16.1 Å². The van der Waals surface area contributed by atoms with E-state index in [1.165, 1.54) is 24.3 Å². The van der Waals surface area contributed by atoms with E-state index < -0.39 is 23.9 Å². The third-order valence-electron chi connectivity index (χ3n) is 5.85. The molecule has 36 heavy (non-hydrogen) atoms. The number of anilines is 1. The molecule has 0 unspecified atom stereocenters. The number of ether oxygens (including phenoxy) is 1. The lowest BCUT2D eigenvalue weighted by molar-refractivity contribution is 0.0280. The van der Waals surface area contributed by atoms with Gasteiger partial charge in [-0.1, -0.05) is 66.2 Å². The molecular formula is C29H18ClNO5. The first-order chi connectivity index (χ1) is 17.4. The number of hydrogen-bond acceptors (Lipinski definition) is 5. The van der Waals surface area contributed by atoms with E-state index >= 15 is 0 Å². The molecule has 0 radical (unpaired) electrons. The summed E-state index contributed by atoms with van der Waals surface area (Å²) in [5, 5.41) is 0.486. The number of imide groups is 1. The molecule has 4 aromatic rings. The maximum absolute atomic E-state index is 13.2. The minimum Gasteiger partial charge on any atom is -0.445 e. The van der Waals surface area contributed by atoms with Crippen LogP contribution in [0.15, 0.2) is 103 Å². The molecular weight excluding hydrogens is 478 g/mol. The van der Waals surface area contributed by atoms with Crippen molar-refractivity contribution in [3.05, 3.63) is 136 Å². The summed E-state index contributed by atoms with van der Waals surface area (Å²) in [7, 11) is 0. The Balaban J connectivity index is 1.39. The standard InChI is InChI=1S/C29H18ClNO5/c30-21-14-10-19(11-15-21)26(25(32)18-6-2-1-3-7-18)36-29(35)20-12-16-22(17-13-20)31-27(33)23-8-4-5-9-24(23)28(31)34/h1-17,26H/t26-/m1/s1. The van der Waals surface area contributed by atoms with Gasteiger partial charge in [-0.15, -0.1) is 0 Å². The molecule has 1 aliphatic heterocycles. The van der Waals surface area contributed by atoms with Crippen LogP contribution in [-0.2, 0) is 4.74 Å². The summed E-state index contributed by atoms with van der Waals surface area (Å²) in [6.07, 6.45) is -1.19. The number of ketones is 1. The van der Waals surface area contributed by atoms with Gasteiger partial charge in [0.2, 0.25) is 5.78 Å². The Morgan fingerprint density at radius 2 is 1.22 bits per heavy atom. The zero-order chi connectivity index (χ0) is 25.2. The average molecular weight is 496 g/mol. The van der Waals surface area contributed by atoms with E-state index in [-0.39, 0.29) is 11.3 Å². The number of benzene rings is 4. The van der Waals surface area contributed by atoms with Gasteiger partial charge in [-0.3, -0.25) is 14.4 Å². The summed E-state index contributed by atoms with van der Waals surface area (Å²) in [5.74, 6) is -1.97. The molecule has 0 fully saturated rings. The molecule has 5 rings (SSSR count). The van der Waals surface area contributed by atoms with Crippen LogP contribution in [0.3, 0.4) is 0 Å². The van der Waals surface area contributed by atoms with E-state index in [1.54, 1.807) is 78.9 Å². The van der Waals surface area contributed by atoms with Gasteiger partial charge < -0.3 is 4.74 Å². The smallest absolute Gasteiger partial charge is 0.339 e. The fourth-order valence-electron chi connectivity index (χ4n) is 4.01. The molecule has 0 aliphatic carbocycles. The lowest BCUT2D eigenvalue weighted by Crippen LogP contribution is -2.29. The number of carbonyl (C=O) groups is 4. The van der Waals surface area contributed by atoms with Gasteiger partial charge in [0.05, 0.1) is 22.4 Å². The number of Topliss-reactive ketones (excluding diaryl/α,β-unsaturated/α-hetero) is 1. The summed E-state index contributed by atoms with van der Waals surface area (Å²) in [6, 6.07) is 27.5. The van der Waals surface area contributed by atoms with Crippen LogP contribution in [0, 0.1) is 0 Å². The summed E-state index contributed by atoms with van der Waals surface area (Å²) in [5.41, 5.74) is 2.02. The zero-order valence-corrected chi connectivity index (χ0v) is 19.5. The van der Waals surface area contributed by atoms with Crippen molar-refractivity contribution in [2.75, 3.05) is 4.90 Å². The van der Waals surface area contributed by atoms with E-state index in [4.69, 9.17) is 16.3 Å². The summed E-state index contributed by atoms with van der Waals surface area (Å²) < 4.78 is 5.66. The number of carbonyl (C=O) groups excluding carboxylic acids is 4. The number of halogens is 1. The maximum Gasteiger partial charge on any atom is 0.339 e. The molecule has 0 spiro atoms. The second-order valence-electron chi connectivity index (χ2n) is 8.11. The van der Waals surface area contributed by atoms with Crippen LogP contribution in [0.25, 0.3) is 0 Å². The Kier molecular flexibility index (Phi) is 6.19. The largest absolute Gasteiger partial charge is 0.445 e. The minimum atomic E-state index is -1.19. The Bertz CT molecular complexity index is 1450. The predicted molar refractivity (Wildman–Crippen MR) is 134 cm³/mol. The molecule has 176 valence electrons. The Labute approximate surface area is 211 Å². The van der Waals surface area contributed by atoms with Crippen molar-refractivity contribution in [2.45, 2.75) is 6.10 Å². The molecule has 0 bridgehead atoms. The highest BCUT2D eigenvalue weighted by atomic mass is 35.5. The highest BCUT2D eigenvalue weighted by Crippen LogP contribution is 2.29. The lowest BCUT2D eigenvalue weighted by Gasteiger charge is -2.18. The molecule has 1 aliphatic rings. The quantitative estimate of drug-likeness (QED) is 0.188. The number of nitrogens with zero attached hydrogens (tertiary/aromatic N) is 1. The second kappa shape index (κ2) is 9.60. The van der Waals surface area contributed by atoms with E-state index in [9.17, 15) is 19.2 Å². The number of fused-ring (bicyclic) bond motifs is 1. The first kappa shape index (κ1) is 23.2. The molecule has 1 heterocycles. The highest BCUT2D eigenvalue weighted by Gasteiger charge is 2.36. The minimum absolute atomic E-state index is 0.162. The SMILES string of the molecule is O=C(O[C@@H](C(=O)c1ccccc1)c1ccc(Cl)cc1)c1ccc(N2C(=O)c3ccccc3C2=O)cc1. The van der Waals surface area contributed by atoms with Crippen LogP contribution in [0.1, 0.15) is 53.1 Å². The molecule has 0 N–H and O–H groups in total. The summed E-state index contributed by atoms with van der Waals surface area (Å²) >= 11 is 5.99. The van der Waals surface area contributed by atoms with Crippen LogP contribution in [0.4, 0.5) is 5.69 Å². The fraction of sp³-hybridized carbons (Fsp3) is 0.0345. The Morgan fingerprint density at radius 3 is 1.81 bits per heavy atom. The molecule has 0 saturated carbocycles. The number of esters is 1. The van der Waals surface area contributed by atoms with Gasteiger partial charge in [-0.2, -0.15) is 0 Å². The van der Waals surface area contributed by atoms with Crippen LogP contribution in [0.5, 0.6) is 0 Å². The Morgan fingerprint density at radius 1 is 0.667 bits per heavy atom. The van der Waals surface area contributed by atoms with E-state index in [0.717, 1.165) is 4.90 Å². The van der Waals surface area contributed by atoms with E-state index in [1.807, 2.05) is 0 Å². The average Bonchev–Trinajstić information content (AvgIpc) is 3.17. The van der Waals surface area contributed by atoms with Crippen molar-refractivity contribution in [1.82, 2.24) is 0 Å². The van der Waals surface area contributed by atoms with Gasteiger partial charge in [-0.05, 0) is 48.5 Å². The van der Waals surface area contributed by atoms with E-state index in [0.29, 0.717) is 33.0 Å². The molecule has 1 atom stereocenters. The maximum atomic E-state index is 13.2. The first-order valence-corrected chi connectivity index (χ1v) is 11.5. The van der Waals surface area contributed by atoms with Crippen molar-refractivity contribution in [3.8, 4) is 0 Å². The molecule has 2 amide bonds. The number of rotatable bonds is 6. The lowest BCUT2D eigenvalue weighted by atomic mass is 9.99. The molecule has 0 saturated heterocycles. The van der Waals surface area contributed by atoms with Gasteiger partial charge in [0.25, 0.3) is 11.8 Å². The normalized spacial score (nSPS) is 13.3. The van der Waals surface area contributed by atoms with Crippen molar-refractivity contribution in [3.63, 3.8) is 0 Å². The molecule has 0 aromatic heterocycles. The zero-order valence-electron chi connectivity index (χ0n) is 18.8. The van der Waals surface area contributed by atoms with Crippen LogP contribution in [-0.4, -0.2) is 23.6 Å². The molecule has 4 aromatic carbocycles. The highest BCUT2D eigenvalue weighted by molar-refractivity contribution is 6.34. The fourth-order valence-corrected chi connectivity index (χ4v) is 4.14.